The molecular formula is C22H23F3N6O. The van der Waals surface area contributed by atoms with Gasteiger partial charge in [0, 0.05) is 0 Å². The van der Waals surface area contributed by atoms with Crippen molar-refractivity contribution < 1.29 is 13.2 Å². The summed E-state index contributed by atoms with van der Waals surface area (Å²) in [5.74, 6) is 0.395. The fraction of sp³-hybridized carbons (Fsp3) is 0.409. The number of alkyl halides is 3. The van der Waals surface area contributed by atoms with Gasteiger partial charge in [-0.15, -0.1) is 10.0 Å². The van der Waals surface area contributed by atoms with Gasteiger partial charge in [-0.25, -0.2) is 5.01 Å². The van der Waals surface area contributed by atoms with Crippen molar-refractivity contribution in [2.24, 2.45) is 5.29 Å². The number of nitroso groups, excluding NO2 is 1. The van der Waals surface area contributed by atoms with E-state index in [4.69, 9.17) is 0 Å². The van der Waals surface area contributed by atoms with E-state index in [2.05, 4.69) is 20.8 Å². The molecule has 7 nitrogen and oxygen atoms in total. The average molecular weight is 444 g/mol. The van der Waals surface area contributed by atoms with Gasteiger partial charge in [-0.1, -0.05) is 43.5 Å². The van der Waals surface area contributed by atoms with E-state index in [1.54, 1.807) is 4.68 Å². The van der Waals surface area contributed by atoms with E-state index in [1.165, 1.54) is 12.1 Å². The highest BCUT2D eigenvalue weighted by molar-refractivity contribution is 5.53. The van der Waals surface area contributed by atoms with Crippen LogP contribution in [0.4, 0.5) is 18.9 Å². The molecule has 0 spiro atoms. The van der Waals surface area contributed by atoms with Gasteiger partial charge in [-0.3, -0.25) is 0 Å². The number of aromatic nitrogens is 4. The second kappa shape index (κ2) is 8.33. The number of halogens is 3. The maximum Gasteiger partial charge on any atom is 0.416 e. The van der Waals surface area contributed by atoms with Crippen LogP contribution in [0.2, 0.25) is 0 Å². The fourth-order valence-corrected chi connectivity index (χ4v) is 4.62. The van der Waals surface area contributed by atoms with Crippen LogP contribution in [0, 0.1) is 18.8 Å². The Morgan fingerprint density at radius 2 is 1.69 bits per heavy atom. The maximum absolute atomic E-state index is 13.4. The highest BCUT2D eigenvalue weighted by Gasteiger charge is 2.47. The summed E-state index contributed by atoms with van der Waals surface area (Å²) in [5.41, 5.74) is 0.815. The summed E-state index contributed by atoms with van der Waals surface area (Å²) in [6.07, 6.45) is -1.08. The Balaban J connectivity index is 1.90. The van der Waals surface area contributed by atoms with Crippen molar-refractivity contribution in [3.63, 3.8) is 0 Å². The van der Waals surface area contributed by atoms with Gasteiger partial charge in [-0.05, 0) is 66.4 Å². The molecule has 1 saturated carbocycles. The Kier molecular flexibility index (Phi) is 5.70. The smallest absolute Gasteiger partial charge is 0.215 e. The molecule has 0 atom stereocenters. The minimum absolute atomic E-state index is 0.0628. The predicted octanol–water partition coefficient (Wildman–Crippen LogP) is 5.65. The quantitative estimate of drug-likeness (QED) is 0.376. The van der Waals surface area contributed by atoms with Crippen molar-refractivity contribution >= 4 is 5.69 Å². The number of anilines is 1. The monoisotopic (exact) mass is 444 g/mol. The van der Waals surface area contributed by atoms with E-state index in [0.29, 0.717) is 18.7 Å². The first-order valence-electron chi connectivity index (χ1n) is 10.4. The zero-order valence-electron chi connectivity index (χ0n) is 17.8. The maximum atomic E-state index is 13.4. The SMILES string of the molecule is Cc1cccc(C)c1-n1nnnc1C1(N(N=O)c2cccc(C(F)(F)F)c2)CCCCC1. The van der Waals surface area contributed by atoms with Crippen LogP contribution in [0.25, 0.3) is 5.69 Å². The van der Waals surface area contributed by atoms with Crippen LogP contribution >= 0.6 is 0 Å². The summed E-state index contributed by atoms with van der Waals surface area (Å²) in [4.78, 5) is 12.2. The second-order valence-electron chi connectivity index (χ2n) is 8.19. The molecule has 1 heterocycles. The Morgan fingerprint density at radius 1 is 1.03 bits per heavy atom. The Labute approximate surface area is 183 Å². The summed E-state index contributed by atoms with van der Waals surface area (Å²) in [6, 6.07) is 10.5. The molecule has 0 amide bonds. The van der Waals surface area contributed by atoms with Crippen molar-refractivity contribution in [2.75, 3.05) is 5.01 Å². The third kappa shape index (κ3) is 3.74. The van der Waals surface area contributed by atoms with Crippen molar-refractivity contribution in [3.8, 4) is 5.69 Å². The molecule has 0 bridgehead atoms. The zero-order chi connectivity index (χ0) is 22.9. The van der Waals surface area contributed by atoms with Crippen LogP contribution in [0.5, 0.6) is 0 Å². The molecule has 1 aliphatic carbocycles. The van der Waals surface area contributed by atoms with E-state index < -0.39 is 17.3 Å². The van der Waals surface area contributed by atoms with E-state index in [1.807, 2.05) is 32.0 Å². The van der Waals surface area contributed by atoms with Gasteiger partial charge in [0.2, 0.25) is 0 Å². The van der Waals surface area contributed by atoms with Crippen LogP contribution in [-0.2, 0) is 11.7 Å². The van der Waals surface area contributed by atoms with Gasteiger partial charge >= 0.3 is 6.18 Å². The van der Waals surface area contributed by atoms with Crippen LogP contribution in [0.1, 0.15) is 54.6 Å². The standard InChI is InChI=1S/C22H23F3N6O/c1-15-8-6-9-16(2)19(15)30-20(26-27-28-30)21(12-4-3-5-13-21)31(29-32)18-11-7-10-17(14-18)22(23,24)25/h6-11,14H,3-5,12-13H2,1-2H3. The molecule has 1 aliphatic rings. The first-order valence-corrected chi connectivity index (χ1v) is 10.4. The van der Waals surface area contributed by atoms with Crippen molar-refractivity contribution in [3.05, 3.63) is 69.9 Å². The van der Waals surface area contributed by atoms with E-state index in [9.17, 15) is 18.1 Å². The number of hydrogen-bond donors (Lipinski definition) is 0. The number of para-hydroxylation sites is 1. The van der Waals surface area contributed by atoms with Gasteiger partial charge in [0.15, 0.2) is 5.82 Å². The van der Waals surface area contributed by atoms with Gasteiger partial charge in [0.05, 0.1) is 22.2 Å². The molecule has 0 saturated heterocycles. The fourth-order valence-electron chi connectivity index (χ4n) is 4.62. The average Bonchev–Trinajstić information content (AvgIpc) is 3.24. The molecule has 0 radical (unpaired) electrons. The molecular weight excluding hydrogens is 421 g/mol. The molecule has 1 aromatic heterocycles. The summed E-state index contributed by atoms with van der Waals surface area (Å²) < 4.78 is 41.7. The van der Waals surface area contributed by atoms with Crippen molar-refractivity contribution in [2.45, 2.75) is 57.7 Å². The first-order chi connectivity index (χ1) is 15.3. The van der Waals surface area contributed by atoms with Crippen molar-refractivity contribution in [1.29, 1.82) is 0 Å². The lowest BCUT2D eigenvalue weighted by Gasteiger charge is -2.41. The Hall–Kier alpha value is -3.30. The van der Waals surface area contributed by atoms with Gasteiger partial charge < -0.3 is 0 Å². The molecule has 168 valence electrons. The summed E-state index contributed by atoms with van der Waals surface area (Å²) in [7, 11) is 0. The number of rotatable bonds is 5. The highest BCUT2D eigenvalue weighted by Crippen LogP contribution is 2.45. The third-order valence-electron chi connectivity index (χ3n) is 6.12. The predicted molar refractivity (Wildman–Crippen MR) is 113 cm³/mol. The van der Waals surface area contributed by atoms with Gasteiger partial charge in [-0.2, -0.15) is 17.9 Å². The van der Waals surface area contributed by atoms with Crippen LogP contribution < -0.4 is 5.01 Å². The lowest BCUT2D eigenvalue weighted by atomic mass is 9.79. The highest BCUT2D eigenvalue weighted by atomic mass is 19.4. The lowest BCUT2D eigenvalue weighted by Crippen LogP contribution is -2.47. The summed E-state index contributed by atoms with van der Waals surface area (Å²) in [5, 5.41) is 16.7. The molecule has 4 rings (SSSR count). The van der Waals surface area contributed by atoms with E-state index in [0.717, 1.165) is 53.2 Å². The minimum atomic E-state index is -4.54. The number of tetrazole rings is 1. The van der Waals surface area contributed by atoms with E-state index >= 15 is 0 Å². The van der Waals surface area contributed by atoms with Gasteiger partial charge in [0.25, 0.3) is 0 Å². The van der Waals surface area contributed by atoms with Crippen LogP contribution in [0.3, 0.4) is 0 Å². The molecule has 1 fully saturated rings. The lowest BCUT2D eigenvalue weighted by molar-refractivity contribution is -0.137. The molecule has 0 unspecified atom stereocenters. The second-order valence-corrected chi connectivity index (χ2v) is 8.19. The topological polar surface area (TPSA) is 76.3 Å². The number of aryl methyl sites for hydroxylation is 2. The Morgan fingerprint density at radius 3 is 2.31 bits per heavy atom. The number of nitrogens with zero attached hydrogens (tertiary/aromatic N) is 6. The summed E-state index contributed by atoms with van der Waals surface area (Å²) >= 11 is 0. The zero-order valence-corrected chi connectivity index (χ0v) is 17.8. The van der Waals surface area contributed by atoms with Gasteiger partial charge in [0.1, 0.15) is 5.54 Å². The largest absolute Gasteiger partial charge is 0.416 e. The molecule has 10 heteroatoms. The normalized spacial score (nSPS) is 16.0. The molecule has 0 aliphatic heterocycles. The summed E-state index contributed by atoms with van der Waals surface area (Å²) in [6.45, 7) is 3.87. The van der Waals surface area contributed by atoms with E-state index in [-0.39, 0.29) is 5.69 Å². The first kappa shape index (κ1) is 21.9. The number of hydrogen-bond acceptors (Lipinski definition) is 5. The molecule has 2 aromatic carbocycles. The minimum Gasteiger partial charge on any atom is -0.215 e. The number of benzene rings is 2. The van der Waals surface area contributed by atoms with Crippen molar-refractivity contribution in [1.82, 2.24) is 20.2 Å². The molecule has 0 N–H and O–H groups in total. The molecule has 3 aromatic rings. The molecule has 32 heavy (non-hydrogen) atoms. The Bertz CT molecular complexity index is 1100. The third-order valence-corrected chi connectivity index (χ3v) is 6.12. The van der Waals surface area contributed by atoms with Crippen LogP contribution in [-0.4, -0.2) is 20.2 Å². The van der Waals surface area contributed by atoms with Crippen LogP contribution in [0.15, 0.2) is 47.8 Å².